The van der Waals surface area contributed by atoms with Gasteiger partial charge in [-0.3, -0.25) is 4.79 Å². The van der Waals surface area contributed by atoms with E-state index in [1.165, 1.54) is 19.3 Å². The molecule has 0 heterocycles. The van der Waals surface area contributed by atoms with Crippen LogP contribution in [0, 0.1) is 0 Å². The molecular weight excluding hydrogens is 252 g/mol. The van der Waals surface area contributed by atoms with Crippen molar-refractivity contribution in [3.63, 3.8) is 0 Å². The number of carbonyl (C=O) groups is 1. The lowest BCUT2D eigenvalue weighted by atomic mass is 10.1. The van der Waals surface area contributed by atoms with E-state index in [0.717, 1.165) is 6.42 Å². The molecule has 0 radical (unpaired) electrons. The van der Waals surface area contributed by atoms with Crippen molar-refractivity contribution in [2.75, 3.05) is 27.2 Å². The Morgan fingerprint density at radius 2 is 2.10 bits per heavy atom. The van der Waals surface area contributed by atoms with Gasteiger partial charge in [0.25, 0.3) is 0 Å². The number of guanidine groups is 1. The molecule has 0 aliphatic carbocycles. The van der Waals surface area contributed by atoms with Crippen LogP contribution < -0.4 is 10.6 Å². The van der Waals surface area contributed by atoms with Gasteiger partial charge < -0.3 is 15.5 Å². The van der Waals surface area contributed by atoms with E-state index in [1.54, 1.807) is 25.1 Å². The molecule has 2 N–H and O–H groups in total. The van der Waals surface area contributed by atoms with Crippen LogP contribution in [0.25, 0.3) is 0 Å². The smallest absolute Gasteiger partial charge is 0.243 e. The highest BCUT2D eigenvalue weighted by Crippen LogP contribution is 2.02. The molecule has 0 aromatic heterocycles. The molecule has 0 aromatic carbocycles. The third-order valence-electron chi connectivity index (χ3n) is 2.91. The number of hydrogen-bond donors (Lipinski definition) is 2. The number of likely N-dealkylation sites (N-methyl/N-ethyl adjacent to an activating group) is 1. The summed E-state index contributed by atoms with van der Waals surface area (Å²) < 4.78 is 0. The van der Waals surface area contributed by atoms with Gasteiger partial charge in [0.1, 0.15) is 6.54 Å². The molecule has 0 aliphatic rings. The number of aliphatic imine (C=N–C) groups is 1. The number of rotatable bonds is 9. The Kier molecular flexibility index (Phi) is 10.5. The molecule has 1 amide bonds. The van der Waals surface area contributed by atoms with E-state index in [2.05, 4.69) is 36.1 Å². The van der Waals surface area contributed by atoms with E-state index in [0.29, 0.717) is 18.5 Å². The Labute approximate surface area is 123 Å². The normalized spacial score (nSPS) is 12.7. The lowest BCUT2D eigenvalue weighted by Gasteiger charge is -2.18. The Bertz CT molecular complexity index is 313. The van der Waals surface area contributed by atoms with Crippen LogP contribution in [0.3, 0.4) is 0 Å². The fourth-order valence-corrected chi connectivity index (χ4v) is 1.62. The molecule has 0 rings (SSSR count). The second kappa shape index (κ2) is 11.3. The number of unbranched alkanes of at least 4 members (excludes halogenated alkanes) is 2. The van der Waals surface area contributed by atoms with Crippen LogP contribution in [0.15, 0.2) is 17.6 Å². The van der Waals surface area contributed by atoms with Gasteiger partial charge in [-0.2, -0.15) is 0 Å². The fourth-order valence-electron chi connectivity index (χ4n) is 1.62. The summed E-state index contributed by atoms with van der Waals surface area (Å²) in [5, 5.41) is 6.46. The van der Waals surface area contributed by atoms with Gasteiger partial charge in [0.05, 0.1) is 0 Å². The first kappa shape index (κ1) is 18.5. The minimum Gasteiger partial charge on any atom is -0.354 e. The first-order valence-electron chi connectivity index (χ1n) is 7.37. The first-order chi connectivity index (χ1) is 9.51. The van der Waals surface area contributed by atoms with Crippen molar-refractivity contribution in [3.05, 3.63) is 12.7 Å². The second-order valence-corrected chi connectivity index (χ2v) is 5.16. The third kappa shape index (κ3) is 9.42. The predicted molar refractivity (Wildman–Crippen MR) is 85.9 cm³/mol. The van der Waals surface area contributed by atoms with Crippen LogP contribution in [-0.4, -0.2) is 50.0 Å². The summed E-state index contributed by atoms with van der Waals surface area (Å²) in [6, 6.07) is 0.340. The molecule has 20 heavy (non-hydrogen) atoms. The van der Waals surface area contributed by atoms with E-state index in [1.807, 2.05) is 0 Å². The van der Waals surface area contributed by atoms with Crippen LogP contribution in [-0.2, 0) is 4.79 Å². The average Bonchev–Trinajstić information content (AvgIpc) is 2.41. The van der Waals surface area contributed by atoms with E-state index in [-0.39, 0.29) is 12.5 Å². The van der Waals surface area contributed by atoms with Crippen LogP contribution in [0.2, 0.25) is 0 Å². The lowest BCUT2D eigenvalue weighted by molar-refractivity contribution is -0.127. The van der Waals surface area contributed by atoms with E-state index in [9.17, 15) is 4.79 Å². The molecular formula is C15H30N4O. The van der Waals surface area contributed by atoms with Gasteiger partial charge in [-0.1, -0.05) is 32.3 Å². The second-order valence-electron chi connectivity index (χ2n) is 5.16. The lowest BCUT2D eigenvalue weighted by Crippen LogP contribution is -2.43. The maximum atomic E-state index is 11.6. The van der Waals surface area contributed by atoms with Gasteiger partial charge in [-0.15, -0.1) is 6.58 Å². The van der Waals surface area contributed by atoms with Gasteiger partial charge in [-0.05, 0) is 13.3 Å². The summed E-state index contributed by atoms with van der Waals surface area (Å²) in [7, 11) is 3.46. The van der Waals surface area contributed by atoms with Crippen molar-refractivity contribution in [3.8, 4) is 0 Å². The molecule has 0 aliphatic heterocycles. The number of nitrogens with one attached hydrogen (secondary N) is 2. The van der Waals surface area contributed by atoms with Crippen LogP contribution in [0.5, 0.6) is 0 Å². The highest BCUT2D eigenvalue weighted by molar-refractivity contribution is 5.84. The van der Waals surface area contributed by atoms with Gasteiger partial charge in [-0.25, -0.2) is 4.99 Å². The van der Waals surface area contributed by atoms with E-state index < -0.39 is 0 Å². The molecule has 0 aromatic rings. The summed E-state index contributed by atoms with van der Waals surface area (Å²) in [5.74, 6) is 0.660. The van der Waals surface area contributed by atoms with Crippen molar-refractivity contribution in [2.45, 2.75) is 45.6 Å². The van der Waals surface area contributed by atoms with Gasteiger partial charge in [0.15, 0.2) is 5.96 Å². The molecule has 5 nitrogen and oxygen atoms in total. The molecule has 1 atom stereocenters. The Morgan fingerprint density at radius 1 is 1.40 bits per heavy atom. The number of nitrogens with zero attached hydrogens (tertiary/aromatic N) is 2. The monoisotopic (exact) mass is 282 g/mol. The zero-order valence-electron chi connectivity index (χ0n) is 13.4. The van der Waals surface area contributed by atoms with Crippen molar-refractivity contribution in [2.24, 2.45) is 4.99 Å². The van der Waals surface area contributed by atoms with Crippen molar-refractivity contribution >= 4 is 11.9 Å². The molecule has 0 saturated carbocycles. The molecule has 0 fully saturated rings. The summed E-state index contributed by atoms with van der Waals surface area (Å²) >= 11 is 0. The zero-order valence-corrected chi connectivity index (χ0v) is 13.4. The van der Waals surface area contributed by atoms with Crippen LogP contribution in [0.1, 0.15) is 39.5 Å². The van der Waals surface area contributed by atoms with Crippen molar-refractivity contribution in [1.82, 2.24) is 15.5 Å². The SMILES string of the molecule is C=CCNC(=NCC(=O)N(C)C)NC(C)CCCCC. The number of carbonyl (C=O) groups excluding carboxylic acids is 1. The maximum absolute atomic E-state index is 11.6. The van der Waals surface area contributed by atoms with Crippen molar-refractivity contribution < 1.29 is 4.79 Å². The van der Waals surface area contributed by atoms with Gasteiger partial charge in [0.2, 0.25) is 5.91 Å². The number of amides is 1. The average molecular weight is 282 g/mol. The quantitative estimate of drug-likeness (QED) is 0.293. The minimum absolute atomic E-state index is 0.0108. The largest absolute Gasteiger partial charge is 0.354 e. The maximum Gasteiger partial charge on any atom is 0.243 e. The predicted octanol–water partition coefficient (Wildman–Crippen LogP) is 1.76. The Morgan fingerprint density at radius 3 is 2.65 bits per heavy atom. The molecule has 0 saturated heterocycles. The summed E-state index contributed by atoms with van der Waals surface area (Å²) in [6.07, 6.45) is 6.55. The molecule has 5 heteroatoms. The Balaban J connectivity index is 4.35. The summed E-state index contributed by atoms with van der Waals surface area (Å²) in [6.45, 7) is 8.79. The van der Waals surface area contributed by atoms with Gasteiger partial charge in [0, 0.05) is 26.7 Å². The van der Waals surface area contributed by atoms with Crippen molar-refractivity contribution in [1.29, 1.82) is 0 Å². The van der Waals surface area contributed by atoms with Crippen LogP contribution in [0.4, 0.5) is 0 Å². The zero-order chi connectivity index (χ0) is 15.4. The summed E-state index contributed by atoms with van der Waals surface area (Å²) in [4.78, 5) is 17.4. The fraction of sp³-hybridized carbons (Fsp3) is 0.733. The highest BCUT2D eigenvalue weighted by atomic mass is 16.2. The minimum atomic E-state index is -0.0108. The molecule has 0 spiro atoms. The first-order valence-corrected chi connectivity index (χ1v) is 7.37. The summed E-state index contributed by atoms with van der Waals surface area (Å²) in [5.41, 5.74) is 0. The molecule has 116 valence electrons. The molecule has 0 bridgehead atoms. The molecule has 1 unspecified atom stereocenters. The van der Waals surface area contributed by atoms with E-state index in [4.69, 9.17) is 0 Å². The highest BCUT2D eigenvalue weighted by Gasteiger charge is 2.07. The Hall–Kier alpha value is -1.52. The topological polar surface area (TPSA) is 56.7 Å². The third-order valence-corrected chi connectivity index (χ3v) is 2.91. The standard InChI is InChI=1S/C15H30N4O/c1-6-8-9-10-13(3)18-15(16-11-7-2)17-12-14(20)19(4)5/h7,13H,2,6,8-12H2,1,3-5H3,(H2,16,17,18). The van der Waals surface area contributed by atoms with Gasteiger partial charge >= 0.3 is 0 Å². The number of hydrogen-bond acceptors (Lipinski definition) is 2. The van der Waals surface area contributed by atoms with E-state index >= 15 is 0 Å². The van der Waals surface area contributed by atoms with Crippen LogP contribution >= 0.6 is 0 Å².